The minimum absolute atomic E-state index is 0.837. The average molecular weight is 255 g/mol. The number of halogens is 1. The summed E-state index contributed by atoms with van der Waals surface area (Å²) in [6.45, 7) is 6.74. The van der Waals surface area contributed by atoms with Crippen LogP contribution in [0.5, 0.6) is 0 Å². The number of hydrogen-bond donors (Lipinski definition) is 1. The Hall–Kier alpha value is -0.610. The van der Waals surface area contributed by atoms with Gasteiger partial charge in [0, 0.05) is 37.7 Å². The Morgan fingerprint density at radius 2 is 2.00 bits per heavy atom. The van der Waals surface area contributed by atoms with Crippen molar-refractivity contribution in [1.29, 1.82) is 0 Å². The molecule has 0 saturated carbocycles. The van der Waals surface area contributed by atoms with Gasteiger partial charge in [0.05, 0.1) is 13.2 Å². The minimum atomic E-state index is 0.837. The third kappa shape index (κ3) is 4.28. The molecule has 1 heterocycles. The first-order valence-corrected chi connectivity index (χ1v) is 6.48. The maximum atomic E-state index is 6.08. The molecule has 1 aromatic carbocycles. The van der Waals surface area contributed by atoms with E-state index in [-0.39, 0.29) is 0 Å². The third-order valence-electron chi connectivity index (χ3n) is 2.98. The molecule has 0 atom stereocenters. The summed E-state index contributed by atoms with van der Waals surface area (Å²) in [5.41, 5.74) is 1.16. The normalized spacial score (nSPS) is 17.2. The first-order valence-electron chi connectivity index (χ1n) is 6.10. The highest BCUT2D eigenvalue weighted by Gasteiger charge is 2.08. The number of nitrogens with one attached hydrogen (secondary N) is 1. The number of ether oxygens (including phenoxy) is 1. The van der Waals surface area contributed by atoms with E-state index in [2.05, 4.69) is 16.3 Å². The van der Waals surface area contributed by atoms with Crippen molar-refractivity contribution >= 4 is 11.6 Å². The zero-order valence-corrected chi connectivity index (χ0v) is 10.7. The molecule has 0 unspecified atom stereocenters. The molecule has 2 rings (SSSR count). The van der Waals surface area contributed by atoms with E-state index in [1.807, 2.05) is 18.2 Å². The van der Waals surface area contributed by atoms with Crippen molar-refractivity contribution in [3.8, 4) is 0 Å². The molecule has 0 aromatic heterocycles. The summed E-state index contributed by atoms with van der Waals surface area (Å²) >= 11 is 6.08. The van der Waals surface area contributed by atoms with Crippen molar-refractivity contribution in [1.82, 2.24) is 10.2 Å². The van der Waals surface area contributed by atoms with Crippen molar-refractivity contribution in [2.45, 2.75) is 6.54 Å². The van der Waals surface area contributed by atoms with Crippen LogP contribution in [0.15, 0.2) is 24.3 Å². The van der Waals surface area contributed by atoms with Crippen LogP contribution in [0.2, 0.25) is 5.02 Å². The molecule has 3 nitrogen and oxygen atoms in total. The van der Waals surface area contributed by atoms with Crippen molar-refractivity contribution in [2.75, 3.05) is 39.4 Å². The summed E-state index contributed by atoms with van der Waals surface area (Å²) in [5.74, 6) is 0. The molecule has 1 N–H and O–H groups in total. The molecule has 0 aliphatic carbocycles. The number of rotatable bonds is 5. The average Bonchev–Trinajstić information content (AvgIpc) is 2.38. The van der Waals surface area contributed by atoms with Crippen LogP contribution in [0.1, 0.15) is 5.56 Å². The Kier molecular flexibility index (Phi) is 5.26. The van der Waals surface area contributed by atoms with Crippen LogP contribution >= 0.6 is 11.6 Å². The number of hydrogen-bond acceptors (Lipinski definition) is 3. The Morgan fingerprint density at radius 1 is 1.24 bits per heavy atom. The van der Waals surface area contributed by atoms with Crippen molar-refractivity contribution in [2.24, 2.45) is 0 Å². The van der Waals surface area contributed by atoms with Crippen LogP contribution in [0.25, 0.3) is 0 Å². The lowest BCUT2D eigenvalue weighted by molar-refractivity contribution is 0.0384. The highest BCUT2D eigenvalue weighted by molar-refractivity contribution is 6.31. The maximum Gasteiger partial charge on any atom is 0.0594 e. The van der Waals surface area contributed by atoms with Crippen LogP contribution in [0.4, 0.5) is 0 Å². The molecule has 0 spiro atoms. The van der Waals surface area contributed by atoms with Gasteiger partial charge in [-0.15, -0.1) is 0 Å². The number of nitrogens with zero attached hydrogens (tertiary/aromatic N) is 1. The van der Waals surface area contributed by atoms with Crippen molar-refractivity contribution < 1.29 is 4.74 Å². The largest absolute Gasteiger partial charge is 0.379 e. The summed E-state index contributed by atoms with van der Waals surface area (Å²) in [6, 6.07) is 7.97. The van der Waals surface area contributed by atoms with Gasteiger partial charge in [0.25, 0.3) is 0 Å². The van der Waals surface area contributed by atoms with Gasteiger partial charge in [-0.1, -0.05) is 29.8 Å². The molecular formula is C13H19ClN2O. The molecule has 1 aliphatic heterocycles. The highest BCUT2D eigenvalue weighted by Crippen LogP contribution is 2.14. The zero-order chi connectivity index (χ0) is 11.9. The predicted molar refractivity (Wildman–Crippen MR) is 70.4 cm³/mol. The summed E-state index contributed by atoms with van der Waals surface area (Å²) in [6.07, 6.45) is 0. The maximum absolute atomic E-state index is 6.08. The molecule has 4 heteroatoms. The predicted octanol–water partition coefficient (Wildman–Crippen LogP) is 1.76. The van der Waals surface area contributed by atoms with E-state index < -0.39 is 0 Å². The SMILES string of the molecule is Clc1ccccc1CNCCN1CCOCC1. The zero-order valence-electron chi connectivity index (χ0n) is 9.99. The van der Waals surface area contributed by atoms with Gasteiger partial charge in [-0.25, -0.2) is 0 Å². The standard InChI is InChI=1S/C13H19ClN2O/c14-13-4-2-1-3-12(13)11-15-5-6-16-7-9-17-10-8-16/h1-4,15H,5-11H2. The van der Waals surface area contributed by atoms with Gasteiger partial charge in [0.15, 0.2) is 0 Å². The van der Waals surface area contributed by atoms with E-state index >= 15 is 0 Å². The van der Waals surface area contributed by atoms with Gasteiger partial charge in [0.2, 0.25) is 0 Å². The molecule has 1 saturated heterocycles. The fourth-order valence-electron chi connectivity index (χ4n) is 1.93. The second-order valence-corrected chi connectivity index (χ2v) is 4.63. The van der Waals surface area contributed by atoms with Gasteiger partial charge in [-0.05, 0) is 11.6 Å². The summed E-state index contributed by atoms with van der Waals surface area (Å²) in [5, 5.41) is 4.26. The van der Waals surface area contributed by atoms with Crippen molar-refractivity contribution in [3.05, 3.63) is 34.9 Å². The topological polar surface area (TPSA) is 24.5 Å². The Bertz CT molecular complexity index is 340. The van der Waals surface area contributed by atoms with Crippen LogP contribution in [0, 0.1) is 0 Å². The summed E-state index contributed by atoms with van der Waals surface area (Å²) in [7, 11) is 0. The molecule has 17 heavy (non-hydrogen) atoms. The summed E-state index contributed by atoms with van der Waals surface area (Å²) < 4.78 is 5.31. The van der Waals surface area contributed by atoms with E-state index in [9.17, 15) is 0 Å². The van der Waals surface area contributed by atoms with Crippen LogP contribution < -0.4 is 5.32 Å². The van der Waals surface area contributed by atoms with E-state index in [0.717, 1.165) is 56.5 Å². The molecule has 0 radical (unpaired) electrons. The van der Waals surface area contributed by atoms with E-state index in [1.54, 1.807) is 0 Å². The second kappa shape index (κ2) is 6.97. The smallest absolute Gasteiger partial charge is 0.0594 e. The molecule has 1 aliphatic rings. The quantitative estimate of drug-likeness (QED) is 0.811. The van der Waals surface area contributed by atoms with Crippen molar-refractivity contribution in [3.63, 3.8) is 0 Å². The molecular weight excluding hydrogens is 236 g/mol. The minimum Gasteiger partial charge on any atom is -0.379 e. The first-order chi connectivity index (χ1) is 8.36. The lowest BCUT2D eigenvalue weighted by atomic mass is 10.2. The Balaban J connectivity index is 1.64. The Labute approximate surface area is 108 Å². The fraction of sp³-hybridized carbons (Fsp3) is 0.538. The monoisotopic (exact) mass is 254 g/mol. The first kappa shape index (κ1) is 12.8. The van der Waals surface area contributed by atoms with Crippen LogP contribution in [-0.2, 0) is 11.3 Å². The van der Waals surface area contributed by atoms with Gasteiger partial charge < -0.3 is 10.1 Å². The van der Waals surface area contributed by atoms with Gasteiger partial charge in [0.1, 0.15) is 0 Å². The second-order valence-electron chi connectivity index (χ2n) is 4.22. The molecule has 1 aromatic rings. The molecule has 1 fully saturated rings. The summed E-state index contributed by atoms with van der Waals surface area (Å²) in [4.78, 5) is 2.42. The number of morpholine rings is 1. The Morgan fingerprint density at radius 3 is 2.76 bits per heavy atom. The lowest BCUT2D eigenvalue weighted by Crippen LogP contribution is -2.40. The third-order valence-corrected chi connectivity index (χ3v) is 3.35. The molecule has 0 amide bonds. The molecule has 0 bridgehead atoms. The highest BCUT2D eigenvalue weighted by atomic mass is 35.5. The van der Waals surface area contributed by atoms with Gasteiger partial charge >= 0.3 is 0 Å². The number of benzene rings is 1. The van der Waals surface area contributed by atoms with Gasteiger partial charge in [-0.3, -0.25) is 4.90 Å². The van der Waals surface area contributed by atoms with E-state index in [0.29, 0.717) is 0 Å². The van der Waals surface area contributed by atoms with E-state index in [1.165, 1.54) is 0 Å². The molecule has 94 valence electrons. The van der Waals surface area contributed by atoms with E-state index in [4.69, 9.17) is 16.3 Å². The lowest BCUT2D eigenvalue weighted by Gasteiger charge is -2.26. The fourth-order valence-corrected chi connectivity index (χ4v) is 2.13. The van der Waals surface area contributed by atoms with Crippen LogP contribution in [-0.4, -0.2) is 44.3 Å². The van der Waals surface area contributed by atoms with Crippen LogP contribution in [0.3, 0.4) is 0 Å². The van der Waals surface area contributed by atoms with Gasteiger partial charge in [-0.2, -0.15) is 0 Å².